The molecule has 0 unspecified atom stereocenters. The quantitative estimate of drug-likeness (QED) is 0.248. The van der Waals surface area contributed by atoms with Gasteiger partial charge in [-0.05, 0) is 42.0 Å². The number of nitrogens with zero attached hydrogens (tertiary/aromatic N) is 3. The highest BCUT2D eigenvalue weighted by atomic mass is 79.9. The van der Waals surface area contributed by atoms with Gasteiger partial charge in [-0.15, -0.1) is 0 Å². The Bertz CT molecular complexity index is 1590. The van der Waals surface area contributed by atoms with Crippen LogP contribution in [0.5, 0.6) is 0 Å². The maximum Gasteiger partial charge on any atom is 0.256 e. The van der Waals surface area contributed by atoms with Crippen LogP contribution < -0.4 is 5.32 Å². The number of aromatic nitrogens is 3. The first-order chi connectivity index (χ1) is 16.5. The van der Waals surface area contributed by atoms with Crippen molar-refractivity contribution in [1.29, 1.82) is 0 Å². The third-order valence-corrected chi connectivity index (χ3v) is 7.35. The highest BCUT2D eigenvalue weighted by Crippen LogP contribution is 2.36. The van der Waals surface area contributed by atoms with Crippen LogP contribution >= 0.6 is 38.9 Å². The number of halogens is 2. The van der Waals surface area contributed by atoms with Crippen molar-refractivity contribution in [2.24, 2.45) is 0 Å². The van der Waals surface area contributed by atoms with Crippen molar-refractivity contribution >= 4 is 67.1 Å². The molecular weight excluding hydrogens is 532 g/mol. The molecule has 1 aliphatic heterocycles. The maximum absolute atomic E-state index is 12.8. The summed E-state index contributed by atoms with van der Waals surface area (Å²) in [5.74, 6) is -0.130. The zero-order valence-corrected chi connectivity index (χ0v) is 20.8. The number of benzene rings is 3. The van der Waals surface area contributed by atoms with Gasteiger partial charge >= 0.3 is 0 Å². The molecule has 1 aliphatic rings. The largest absolute Gasteiger partial charge is 0.321 e. The Morgan fingerprint density at radius 2 is 1.79 bits per heavy atom. The number of fused-ring (bicyclic) bond motifs is 2. The predicted molar refractivity (Wildman–Crippen MR) is 141 cm³/mol. The van der Waals surface area contributed by atoms with E-state index in [0.717, 1.165) is 48.2 Å². The van der Waals surface area contributed by atoms with Gasteiger partial charge in [0, 0.05) is 32.7 Å². The van der Waals surface area contributed by atoms with Crippen LogP contribution in [0.4, 0.5) is 5.69 Å². The molecule has 1 N–H and O–H groups in total. The summed E-state index contributed by atoms with van der Waals surface area (Å²) in [6, 6.07) is 23.5. The number of anilines is 1. The van der Waals surface area contributed by atoms with Crippen LogP contribution in [0.25, 0.3) is 27.9 Å². The van der Waals surface area contributed by atoms with Crippen molar-refractivity contribution in [1.82, 2.24) is 14.6 Å². The minimum Gasteiger partial charge on any atom is -0.321 e. The average molecular weight is 548 g/mol. The molecule has 0 radical (unpaired) electrons. The van der Waals surface area contributed by atoms with E-state index in [1.54, 1.807) is 11.3 Å². The second kappa shape index (κ2) is 8.51. The van der Waals surface area contributed by atoms with Gasteiger partial charge in [-0.25, -0.2) is 9.50 Å². The molecule has 0 saturated heterocycles. The standard InChI is InChI=1S/C26H16BrClN4OS/c27-17-9-7-16(8-10-17)24-22(14-20-19-3-1-2-4-21(19)29-25(20)33)32-26(30-24)34-23(31-32)13-15-5-11-18(28)12-6-15/h1-12,14H,13H2,(H,29,33)/b20-14-. The van der Waals surface area contributed by atoms with E-state index < -0.39 is 0 Å². The molecule has 0 spiro atoms. The van der Waals surface area contributed by atoms with Crippen LogP contribution in [0.15, 0.2) is 77.3 Å². The van der Waals surface area contributed by atoms with Crippen LogP contribution in [-0.2, 0) is 11.2 Å². The number of carbonyl (C=O) groups excluding carboxylic acids is 1. The summed E-state index contributed by atoms with van der Waals surface area (Å²) in [6.45, 7) is 0. The lowest BCUT2D eigenvalue weighted by molar-refractivity contribution is -0.110. The normalized spacial score (nSPS) is 14.1. The van der Waals surface area contributed by atoms with E-state index in [2.05, 4.69) is 21.2 Å². The maximum atomic E-state index is 12.8. The third kappa shape index (κ3) is 3.86. The zero-order chi connectivity index (χ0) is 23.2. The van der Waals surface area contributed by atoms with Gasteiger partial charge < -0.3 is 5.32 Å². The van der Waals surface area contributed by atoms with E-state index in [1.807, 2.05) is 83.4 Å². The minimum atomic E-state index is -0.130. The fourth-order valence-corrected chi connectivity index (χ4v) is 5.35. The lowest BCUT2D eigenvalue weighted by Gasteiger charge is -2.03. The Hall–Kier alpha value is -3.26. The van der Waals surface area contributed by atoms with E-state index in [-0.39, 0.29) is 5.91 Å². The molecule has 1 amide bonds. The third-order valence-electron chi connectivity index (χ3n) is 5.66. The zero-order valence-electron chi connectivity index (χ0n) is 17.6. The van der Waals surface area contributed by atoms with Crippen molar-refractivity contribution < 1.29 is 4.79 Å². The molecule has 0 fully saturated rings. The van der Waals surface area contributed by atoms with Crippen LogP contribution in [0.1, 0.15) is 21.8 Å². The van der Waals surface area contributed by atoms with Crippen molar-refractivity contribution in [3.8, 4) is 11.3 Å². The van der Waals surface area contributed by atoms with E-state index in [9.17, 15) is 4.79 Å². The molecule has 0 bridgehead atoms. The smallest absolute Gasteiger partial charge is 0.256 e. The number of hydrogen-bond donors (Lipinski definition) is 1. The van der Waals surface area contributed by atoms with Gasteiger partial charge in [-0.1, -0.05) is 81.3 Å². The molecule has 8 heteroatoms. The molecule has 34 heavy (non-hydrogen) atoms. The molecule has 0 aliphatic carbocycles. The number of carbonyl (C=O) groups is 1. The SMILES string of the molecule is O=C1Nc2ccccc2/C1=C/c1c(-c2ccc(Br)cc2)nc2sc(Cc3ccc(Cl)cc3)nn12. The molecule has 6 rings (SSSR count). The molecule has 3 aromatic carbocycles. The molecule has 5 nitrogen and oxygen atoms in total. The molecule has 0 atom stereocenters. The first-order valence-electron chi connectivity index (χ1n) is 10.6. The molecular formula is C26H16BrClN4OS. The van der Waals surface area contributed by atoms with Crippen molar-refractivity contribution in [2.45, 2.75) is 6.42 Å². The molecule has 5 aromatic rings. The van der Waals surface area contributed by atoms with Crippen LogP contribution in [0.2, 0.25) is 5.02 Å². The van der Waals surface area contributed by atoms with Crippen LogP contribution in [0.3, 0.4) is 0 Å². The van der Waals surface area contributed by atoms with Gasteiger partial charge in [0.2, 0.25) is 4.96 Å². The van der Waals surface area contributed by atoms with Gasteiger partial charge in [0.1, 0.15) is 5.01 Å². The Morgan fingerprint density at radius 3 is 2.59 bits per heavy atom. The van der Waals surface area contributed by atoms with Crippen molar-refractivity contribution in [3.63, 3.8) is 0 Å². The lowest BCUT2D eigenvalue weighted by atomic mass is 10.0. The average Bonchev–Trinajstić information content (AvgIpc) is 3.47. The molecule has 3 heterocycles. The Balaban J connectivity index is 1.50. The highest BCUT2D eigenvalue weighted by molar-refractivity contribution is 9.10. The predicted octanol–water partition coefficient (Wildman–Crippen LogP) is 6.96. The number of hydrogen-bond acceptors (Lipinski definition) is 4. The summed E-state index contributed by atoms with van der Waals surface area (Å²) in [5, 5.41) is 9.46. The van der Waals surface area contributed by atoms with Gasteiger partial charge in [0.25, 0.3) is 5.91 Å². The Labute approximate surface area is 212 Å². The minimum absolute atomic E-state index is 0.130. The first-order valence-corrected chi connectivity index (χ1v) is 12.6. The summed E-state index contributed by atoms with van der Waals surface area (Å²) >= 11 is 11.1. The number of nitrogens with one attached hydrogen (secondary N) is 1. The summed E-state index contributed by atoms with van der Waals surface area (Å²) in [6.07, 6.45) is 2.57. The van der Waals surface area contributed by atoms with Crippen molar-refractivity contribution in [3.05, 3.63) is 104 Å². The van der Waals surface area contributed by atoms with Crippen molar-refractivity contribution in [2.75, 3.05) is 5.32 Å². The number of rotatable bonds is 4. The molecule has 166 valence electrons. The number of imidazole rings is 1. The fourth-order valence-electron chi connectivity index (χ4n) is 4.02. The van der Waals surface area contributed by atoms with Gasteiger partial charge in [0.15, 0.2) is 0 Å². The fraction of sp³-hybridized carbons (Fsp3) is 0.0385. The summed E-state index contributed by atoms with van der Waals surface area (Å²) in [5.41, 5.74) is 5.93. The second-order valence-corrected chi connectivity index (χ2v) is 10.3. The van der Waals surface area contributed by atoms with Crippen LogP contribution in [-0.4, -0.2) is 20.5 Å². The number of para-hydroxylation sites is 1. The number of amides is 1. The van der Waals surface area contributed by atoms with Gasteiger partial charge in [-0.3, -0.25) is 4.79 Å². The summed E-state index contributed by atoms with van der Waals surface area (Å²) < 4.78 is 2.83. The summed E-state index contributed by atoms with van der Waals surface area (Å²) in [4.78, 5) is 18.5. The van der Waals surface area contributed by atoms with E-state index >= 15 is 0 Å². The van der Waals surface area contributed by atoms with Gasteiger partial charge in [-0.2, -0.15) is 5.10 Å². The topological polar surface area (TPSA) is 59.3 Å². The van der Waals surface area contributed by atoms with Crippen LogP contribution in [0, 0.1) is 0 Å². The molecule has 2 aromatic heterocycles. The Morgan fingerprint density at radius 1 is 1.03 bits per heavy atom. The lowest BCUT2D eigenvalue weighted by Crippen LogP contribution is -2.04. The first kappa shape index (κ1) is 21.3. The second-order valence-electron chi connectivity index (χ2n) is 7.90. The highest BCUT2D eigenvalue weighted by Gasteiger charge is 2.26. The Kier molecular flexibility index (Phi) is 5.32. The van der Waals surface area contributed by atoms with E-state index in [4.69, 9.17) is 21.7 Å². The monoisotopic (exact) mass is 546 g/mol. The summed E-state index contributed by atoms with van der Waals surface area (Å²) in [7, 11) is 0. The van der Waals surface area contributed by atoms with E-state index in [1.165, 1.54) is 0 Å². The van der Waals surface area contributed by atoms with Gasteiger partial charge in [0.05, 0.1) is 17.0 Å². The van der Waals surface area contributed by atoms with E-state index in [0.29, 0.717) is 17.0 Å². The molecule has 0 saturated carbocycles.